The summed E-state index contributed by atoms with van der Waals surface area (Å²) >= 11 is 7.61. The van der Waals surface area contributed by atoms with E-state index in [2.05, 4.69) is 10.2 Å². The van der Waals surface area contributed by atoms with Crippen LogP contribution in [0.3, 0.4) is 0 Å². The zero-order valence-electron chi connectivity index (χ0n) is 10.6. The van der Waals surface area contributed by atoms with Crippen LogP contribution in [0.1, 0.15) is 0 Å². The van der Waals surface area contributed by atoms with Crippen LogP contribution in [0, 0.1) is 0 Å². The van der Waals surface area contributed by atoms with Crippen molar-refractivity contribution in [2.75, 3.05) is 11.9 Å². The van der Waals surface area contributed by atoms with Crippen LogP contribution < -0.4 is 10.5 Å². The fourth-order valence-corrected chi connectivity index (χ4v) is 3.11. The van der Waals surface area contributed by atoms with Crippen molar-refractivity contribution in [3.63, 3.8) is 0 Å². The van der Waals surface area contributed by atoms with Crippen molar-refractivity contribution in [1.82, 2.24) is 14.8 Å². The Bertz CT molecular complexity index is 778. The molecule has 0 amide bonds. The van der Waals surface area contributed by atoms with Crippen LogP contribution in [0.2, 0.25) is 5.02 Å². The number of nitrogens with zero attached hydrogens (tertiary/aromatic N) is 3. The monoisotopic (exact) mass is 306 g/mol. The Morgan fingerprint density at radius 3 is 2.90 bits per heavy atom. The summed E-state index contributed by atoms with van der Waals surface area (Å²) in [6.45, 7) is 0. The van der Waals surface area contributed by atoms with Crippen LogP contribution in [-0.2, 0) is 0 Å². The molecule has 3 rings (SSSR count). The summed E-state index contributed by atoms with van der Waals surface area (Å²) in [6.07, 6.45) is 3.36. The van der Waals surface area contributed by atoms with Gasteiger partial charge >= 0.3 is 0 Å². The van der Waals surface area contributed by atoms with Crippen LogP contribution >= 0.6 is 22.9 Å². The first-order valence-electron chi connectivity index (χ1n) is 5.87. The molecule has 3 aromatic heterocycles. The van der Waals surface area contributed by atoms with Gasteiger partial charge in [-0.2, -0.15) is 5.10 Å². The van der Waals surface area contributed by atoms with Gasteiger partial charge in [-0.15, -0.1) is 11.3 Å². The molecule has 0 atom stereocenters. The molecular formula is C13H11ClN4OS. The van der Waals surface area contributed by atoms with Gasteiger partial charge in [-0.05, 0) is 23.6 Å². The van der Waals surface area contributed by atoms with Crippen LogP contribution in [0.5, 0.6) is 0 Å². The smallest absolute Gasteiger partial charge is 0.280 e. The lowest BCUT2D eigenvalue weighted by molar-refractivity contribution is 0.911. The minimum absolute atomic E-state index is 0.147. The second-order valence-electron chi connectivity index (χ2n) is 4.13. The molecule has 0 saturated heterocycles. The minimum Gasteiger partial charge on any atom is -0.331 e. The van der Waals surface area contributed by atoms with E-state index in [1.54, 1.807) is 29.4 Å². The summed E-state index contributed by atoms with van der Waals surface area (Å²) in [4.78, 5) is 14.3. The summed E-state index contributed by atoms with van der Waals surface area (Å²) in [7, 11) is 1.82. The van der Waals surface area contributed by atoms with Gasteiger partial charge in [0, 0.05) is 25.5 Å². The maximum atomic E-state index is 12.5. The summed E-state index contributed by atoms with van der Waals surface area (Å²) in [5.41, 5.74) is 0.395. The second kappa shape index (κ2) is 5.15. The molecule has 0 radical (unpaired) electrons. The van der Waals surface area contributed by atoms with Gasteiger partial charge in [0.15, 0.2) is 5.82 Å². The van der Waals surface area contributed by atoms with Gasteiger partial charge in [0.25, 0.3) is 5.56 Å². The van der Waals surface area contributed by atoms with Crippen molar-refractivity contribution in [3.05, 3.63) is 57.4 Å². The normalized spacial score (nSPS) is 10.7. The average Bonchev–Trinajstić information content (AvgIpc) is 3.09. The third kappa shape index (κ3) is 2.13. The highest BCUT2D eigenvalue weighted by Gasteiger charge is 2.14. The predicted molar refractivity (Wildman–Crippen MR) is 81.6 cm³/mol. The van der Waals surface area contributed by atoms with Crippen LogP contribution in [0.15, 0.2) is 46.8 Å². The molecule has 0 saturated carbocycles. The van der Waals surface area contributed by atoms with Gasteiger partial charge < -0.3 is 4.90 Å². The van der Waals surface area contributed by atoms with E-state index in [0.29, 0.717) is 16.5 Å². The first kappa shape index (κ1) is 13.0. The highest BCUT2D eigenvalue weighted by molar-refractivity contribution is 7.15. The molecule has 3 heterocycles. The molecule has 0 aromatic carbocycles. The molecule has 0 spiro atoms. The first-order chi connectivity index (χ1) is 9.68. The molecular weight excluding hydrogens is 296 g/mol. The van der Waals surface area contributed by atoms with E-state index in [-0.39, 0.29) is 5.56 Å². The Labute approximate surface area is 124 Å². The Morgan fingerprint density at radius 1 is 1.40 bits per heavy atom. The maximum absolute atomic E-state index is 12.5. The highest BCUT2D eigenvalue weighted by Crippen LogP contribution is 2.34. The second-order valence-corrected chi connectivity index (χ2v) is 5.44. The first-order valence-corrected chi connectivity index (χ1v) is 7.13. The number of anilines is 2. The third-order valence-electron chi connectivity index (χ3n) is 2.92. The van der Waals surface area contributed by atoms with Crippen LogP contribution in [0.25, 0.3) is 5.82 Å². The van der Waals surface area contributed by atoms with Crippen molar-refractivity contribution >= 4 is 33.6 Å². The lowest BCUT2D eigenvalue weighted by Crippen LogP contribution is -2.25. The lowest BCUT2D eigenvalue weighted by Gasteiger charge is -2.17. The quantitative estimate of drug-likeness (QED) is 0.809. The van der Waals surface area contributed by atoms with Crippen molar-refractivity contribution in [3.8, 4) is 5.82 Å². The number of thiophene rings is 1. The Kier molecular flexibility index (Phi) is 3.33. The minimum atomic E-state index is -0.147. The Hall–Kier alpha value is -2.05. The molecule has 3 aromatic rings. The number of aromatic nitrogens is 3. The molecule has 102 valence electrons. The van der Waals surface area contributed by atoms with E-state index >= 15 is 0 Å². The van der Waals surface area contributed by atoms with Gasteiger partial charge in [-0.3, -0.25) is 14.5 Å². The van der Waals surface area contributed by atoms with E-state index in [0.717, 1.165) is 5.00 Å². The molecule has 0 aliphatic carbocycles. The van der Waals surface area contributed by atoms with Crippen molar-refractivity contribution in [1.29, 1.82) is 0 Å². The van der Waals surface area contributed by atoms with E-state index in [1.807, 2.05) is 24.6 Å². The summed E-state index contributed by atoms with van der Waals surface area (Å²) < 4.78 is 1.49. The molecule has 1 N–H and O–H groups in total. The Balaban J connectivity index is 2.10. The molecule has 0 fully saturated rings. The van der Waals surface area contributed by atoms with Crippen LogP contribution in [-0.4, -0.2) is 21.8 Å². The number of pyridine rings is 1. The number of aromatic amines is 1. The van der Waals surface area contributed by atoms with Gasteiger partial charge in [0.2, 0.25) is 0 Å². The zero-order valence-corrected chi connectivity index (χ0v) is 12.1. The summed E-state index contributed by atoms with van der Waals surface area (Å²) in [6, 6.07) is 7.13. The van der Waals surface area contributed by atoms with Crippen LogP contribution in [0.4, 0.5) is 10.7 Å². The number of hydrogen-bond acceptors (Lipinski definition) is 4. The number of halogens is 1. The van der Waals surface area contributed by atoms with Gasteiger partial charge in [0.05, 0.1) is 5.02 Å². The van der Waals surface area contributed by atoms with Gasteiger partial charge in [0.1, 0.15) is 10.7 Å². The fourth-order valence-electron chi connectivity index (χ4n) is 1.94. The largest absolute Gasteiger partial charge is 0.331 e. The molecule has 0 bridgehead atoms. The predicted octanol–water partition coefficient (Wildman–Crippen LogP) is 3.04. The number of hydrogen-bond donors (Lipinski definition) is 1. The van der Waals surface area contributed by atoms with E-state index in [9.17, 15) is 4.79 Å². The molecule has 0 unspecified atom stereocenters. The maximum Gasteiger partial charge on any atom is 0.280 e. The molecule has 7 heteroatoms. The molecule has 0 aliphatic heterocycles. The lowest BCUT2D eigenvalue weighted by atomic mass is 10.3. The van der Waals surface area contributed by atoms with E-state index < -0.39 is 0 Å². The van der Waals surface area contributed by atoms with Crippen molar-refractivity contribution in [2.45, 2.75) is 0 Å². The van der Waals surface area contributed by atoms with E-state index in [1.165, 1.54) is 15.9 Å². The average molecular weight is 307 g/mol. The zero-order chi connectivity index (χ0) is 14.1. The van der Waals surface area contributed by atoms with Gasteiger partial charge in [-0.1, -0.05) is 11.6 Å². The Morgan fingerprint density at radius 2 is 2.25 bits per heavy atom. The summed E-state index contributed by atoms with van der Waals surface area (Å²) in [5.74, 6) is 0.558. The summed E-state index contributed by atoms with van der Waals surface area (Å²) in [5, 5.41) is 10.1. The highest BCUT2D eigenvalue weighted by atomic mass is 35.5. The molecule has 0 aliphatic rings. The van der Waals surface area contributed by atoms with Crippen molar-refractivity contribution < 1.29 is 0 Å². The fraction of sp³-hybridized carbons (Fsp3) is 0.0769. The van der Waals surface area contributed by atoms with Gasteiger partial charge in [-0.25, -0.2) is 0 Å². The molecule has 20 heavy (non-hydrogen) atoms. The third-order valence-corrected chi connectivity index (χ3v) is 4.33. The SMILES string of the molecule is CN(c1sccc1Cl)c1cccn(-c2cc[nH]n2)c1=O. The number of rotatable bonds is 3. The molecule has 5 nitrogen and oxygen atoms in total. The standard InChI is InChI=1S/C13H11ClN4OS/c1-17(13-9(14)5-8-20-13)10-3-2-7-18(12(10)19)11-4-6-15-16-11/h2-8H,1H3,(H,15,16). The topological polar surface area (TPSA) is 53.9 Å². The number of nitrogens with one attached hydrogen (secondary N) is 1. The number of H-pyrrole nitrogens is 1. The van der Waals surface area contributed by atoms with E-state index in [4.69, 9.17) is 11.6 Å². The van der Waals surface area contributed by atoms with Crippen molar-refractivity contribution in [2.24, 2.45) is 0 Å².